The summed E-state index contributed by atoms with van der Waals surface area (Å²) in [6.45, 7) is 12.0. The fraction of sp³-hybridized carbons (Fsp3) is 0.954. The summed E-state index contributed by atoms with van der Waals surface area (Å²) in [6.07, 6.45) is 68.1. The molecule has 0 aliphatic rings. The van der Waals surface area contributed by atoms with Crippen LogP contribution in [0.1, 0.15) is 459 Å². The third kappa shape index (κ3) is 78.7. The molecule has 3 N–H and O–H groups in total. The van der Waals surface area contributed by atoms with Crippen molar-refractivity contribution in [2.45, 2.75) is 478 Å². The van der Waals surface area contributed by atoms with Gasteiger partial charge in [-0.2, -0.15) is 0 Å². The first kappa shape index (κ1) is 104. The second-order valence-electron chi connectivity index (χ2n) is 32.5. The molecule has 0 spiro atoms. The molecule has 0 aromatic carbocycles. The summed E-state index contributed by atoms with van der Waals surface area (Å²) in [5, 5.41) is 10.7. The number of phosphoric ester groups is 2. The number of esters is 4. The van der Waals surface area contributed by atoms with Crippen LogP contribution in [0.5, 0.6) is 0 Å². The van der Waals surface area contributed by atoms with Gasteiger partial charge in [-0.3, -0.25) is 37.3 Å². The lowest BCUT2D eigenvalue weighted by Crippen LogP contribution is -2.30. The van der Waals surface area contributed by atoms with Crippen LogP contribution in [-0.2, 0) is 65.4 Å². The summed E-state index contributed by atoms with van der Waals surface area (Å²) in [7, 11) is -9.93. The Balaban J connectivity index is 5.23. The van der Waals surface area contributed by atoms with Crippen LogP contribution < -0.4 is 0 Å². The normalized spacial score (nSPS) is 14.1. The Morgan fingerprint density at radius 2 is 0.481 bits per heavy atom. The summed E-state index contributed by atoms with van der Waals surface area (Å²) in [4.78, 5) is 73.3. The predicted molar refractivity (Wildman–Crippen MR) is 437 cm³/mol. The monoisotopic (exact) mass is 1550 g/mol. The third-order valence-electron chi connectivity index (χ3n) is 20.7. The van der Waals surface area contributed by atoms with Crippen LogP contribution in [-0.4, -0.2) is 96.7 Å². The van der Waals surface area contributed by atoms with Gasteiger partial charge in [0, 0.05) is 25.7 Å². The Morgan fingerprint density at radius 3 is 0.717 bits per heavy atom. The second kappa shape index (κ2) is 77.0. The van der Waals surface area contributed by atoms with Crippen molar-refractivity contribution in [2.75, 3.05) is 39.6 Å². The highest BCUT2D eigenvalue weighted by atomic mass is 31.2. The number of ether oxygens (including phenoxy) is 4. The van der Waals surface area contributed by atoms with E-state index in [0.29, 0.717) is 25.7 Å². The highest BCUT2D eigenvalue weighted by molar-refractivity contribution is 7.47. The first-order valence-electron chi connectivity index (χ1n) is 44.9. The molecule has 0 saturated heterocycles. The fourth-order valence-corrected chi connectivity index (χ4v) is 15.1. The number of carbonyl (C=O) groups excluding carboxylic acids is 4. The maximum atomic E-state index is 13.2. The van der Waals surface area contributed by atoms with Crippen molar-refractivity contribution < 1.29 is 80.2 Å². The quantitative estimate of drug-likeness (QED) is 0.0222. The molecule has 0 radical (unpaired) electrons. The van der Waals surface area contributed by atoms with E-state index in [-0.39, 0.29) is 25.7 Å². The topological polar surface area (TPSA) is 237 Å². The van der Waals surface area contributed by atoms with E-state index in [2.05, 4.69) is 48.5 Å². The standard InChI is InChI=1S/C87H170O17P2/c1-8-10-11-12-13-14-15-16-17-18-19-20-21-26-32-37-42-47-56-63-70-86(91)103-82(74-97-84(89)68-61-54-46-41-36-31-25-23-22-24-29-34-39-44-51-58-65-78(3)4)76-101-105(93,94)99-72-81(88)73-100-106(95,96)102-77-83(75-98-85(90)69-62-55-50-49-53-60-67-80(7)9-2)104-87(92)71-64-57-48-43-38-33-28-27-30-35-40-45-52-59-66-79(5)6/h78-83,88H,8-77H2,1-7H3,(H,93,94)(H,95,96)/t80?,81-,82-,83-/m1/s1. The number of aliphatic hydroxyl groups is 1. The molecule has 17 nitrogen and oxygen atoms in total. The summed E-state index contributed by atoms with van der Waals surface area (Å²) in [5.74, 6) is 0.234. The van der Waals surface area contributed by atoms with Crippen molar-refractivity contribution in [3.05, 3.63) is 0 Å². The second-order valence-corrected chi connectivity index (χ2v) is 35.4. The molecule has 0 aliphatic heterocycles. The molecule has 19 heteroatoms. The van der Waals surface area contributed by atoms with E-state index >= 15 is 0 Å². The molecule has 0 bridgehead atoms. The molecular formula is C87H170O17P2. The van der Waals surface area contributed by atoms with Crippen LogP contribution in [0.4, 0.5) is 0 Å². The van der Waals surface area contributed by atoms with Gasteiger partial charge in [0.15, 0.2) is 12.2 Å². The van der Waals surface area contributed by atoms with Crippen LogP contribution in [0.25, 0.3) is 0 Å². The van der Waals surface area contributed by atoms with Crippen molar-refractivity contribution >= 4 is 39.5 Å². The molecule has 630 valence electrons. The number of hydrogen-bond donors (Lipinski definition) is 3. The average Bonchev–Trinajstić information content (AvgIpc) is 0.908. The molecule has 3 unspecified atom stereocenters. The molecule has 6 atom stereocenters. The number of phosphoric acid groups is 2. The van der Waals surface area contributed by atoms with Crippen LogP contribution in [0.15, 0.2) is 0 Å². The van der Waals surface area contributed by atoms with E-state index in [0.717, 1.165) is 114 Å². The predicted octanol–water partition coefficient (Wildman–Crippen LogP) is 26.5. The van der Waals surface area contributed by atoms with Crippen LogP contribution >= 0.6 is 15.6 Å². The Kier molecular flexibility index (Phi) is 75.6. The zero-order valence-electron chi connectivity index (χ0n) is 69.9. The van der Waals surface area contributed by atoms with Crippen molar-refractivity contribution in [2.24, 2.45) is 17.8 Å². The summed E-state index contributed by atoms with van der Waals surface area (Å²) >= 11 is 0. The molecule has 0 amide bonds. The molecule has 106 heavy (non-hydrogen) atoms. The molecule has 0 aromatic rings. The summed E-state index contributed by atoms with van der Waals surface area (Å²) < 4.78 is 68.9. The first-order valence-corrected chi connectivity index (χ1v) is 47.9. The number of hydrogen-bond acceptors (Lipinski definition) is 15. The molecule has 0 rings (SSSR count). The van der Waals surface area contributed by atoms with E-state index in [4.69, 9.17) is 37.0 Å². The number of rotatable bonds is 85. The summed E-state index contributed by atoms with van der Waals surface area (Å²) in [5.41, 5.74) is 0. The molecule has 0 fully saturated rings. The van der Waals surface area contributed by atoms with E-state index in [1.807, 2.05) is 0 Å². The maximum absolute atomic E-state index is 13.2. The Morgan fingerprint density at radius 1 is 0.274 bits per heavy atom. The minimum absolute atomic E-state index is 0.107. The van der Waals surface area contributed by atoms with Crippen LogP contribution in [0.2, 0.25) is 0 Å². The van der Waals surface area contributed by atoms with Crippen molar-refractivity contribution in [3.8, 4) is 0 Å². The lowest BCUT2D eigenvalue weighted by molar-refractivity contribution is -0.161. The number of carbonyl (C=O) groups is 4. The van der Waals surface area contributed by atoms with Gasteiger partial charge in [0.25, 0.3) is 0 Å². The van der Waals surface area contributed by atoms with Gasteiger partial charge in [0.1, 0.15) is 19.3 Å². The molecular weight excluding hydrogens is 1380 g/mol. The van der Waals surface area contributed by atoms with Crippen molar-refractivity contribution in [1.29, 1.82) is 0 Å². The van der Waals surface area contributed by atoms with Gasteiger partial charge in [-0.05, 0) is 43.4 Å². The van der Waals surface area contributed by atoms with E-state index in [1.165, 1.54) is 263 Å². The highest BCUT2D eigenvalue weighted by Crippen LogP contribution is 2.45. The Labute approximate surface area is 651 Å². The van der Waals surface area contributed by atoms with Gasteiger partial charge in [0.2, 0.25) is 0 Å². The lowest BCUT2D eigenvalue weighted by atomic mass is 10.00. The minimum atomic E-state index is -4.97. The van der Waals surface area contributed by atoms with Crippen LogP contribution in [0, 0.1) is 17.8 Å². The van der Waals surface area contributed by atoms with E-state index in [9.17, 15) is 43.2 Å². The van der Waals surface area contributed by atoms with E-state index < -0.39 is 97.5 Å². The SMILES string of the molecule is CCCCCCCCCCCCCCCCCCCCCCC(=O)O[C@H](COC(=O)CCCCCCCCCCCCCCCCCCC(C)C)COP(=O)(O)OC[C@@H](O)COP(=O)(O)OC[C@@H](COC(=O)CCCCCCCCC(C)CC)OC(=O)CCCCCCCCCCCCCCCCC(C)C. The van der Waals surface area contributed by atoms with Gasteiger partial charge < -0.3 is 33.8 Å². The minimum Gasteiger partial charge on any atom is -0.462 e. The average molecular weight is 1550 g/mol. The van der Waals surface area contributed by atoms with Gasteiger partial charge >= 0.3 is 39.5 Å². The third-order valence-corrected chi connectivity index (χ3v) is 22.6. The smallest absolute Gasteiger partial charge is 0.462 e. The summed E-state index contributed by atoms with van der Waals surface area (Å²) in [6, 6.07) is 0. The number of aliphatic hydroxyl groups excluding tert-OH is 1. The van der Waals surface area contributed by atoms with Gasteiger partial charge in [-0.25, -0.2) is 9.13 Å². The zero-order valence-corrected chi connectivity index (χ0v) is 71.7. The lowest BCUT2D eigenvalue weighted by Gasteiger charge is -2.21. The van der Waals surface area contributed by atoms with Crippen LogP contribution in [0.3, 0.4) is 0 Å². The van der Waals surface area contributed by atoms with Gasteiger partial charge in [-0.1, -0.05) is 408 Å². The maximum Gasteiger partial charge on any atom is 0.472 e. The Hall–Kier alpha value is -1.94. The fourth-order valence-electron chi connectivity index (χ4n) is 13.5. The van der Waals surface area contributed by atoms with Gasteiger partial charge in [-0.15, -0.1) is 0 Å². The van der Waals surface area contributed by atoms with Crippen molar-refractivity contribution in [3.63, 3.8) is 0 Å². The Bertz CT molecular complexity index is 2050. The first-order chi connectivity index (χ1) is 51.3. The molecule has 0 aliphatic carbocycles. The zero-order chi connectivity index (χ0) is 77.9. The van der Waals surface area contributed by atoms with Gasteiger partial charge in [0.05, 0.1) is 26.4 Å². The molecule has 0 heterocycles. The molecule has 0 saturated carbocycles. The molecule has 0 aromatic heterocycles. The highest BCUT2D eigenvalue weighted by Gasteiger charge is 2.31. The van der Waals surface area contributed by atoms with Crippen molar-refractivity contribution in [1.82, 2.24) is 0 Å². The largest absolute Gasteiger partial charge is 0.472 e. The van der Waals surface area contributed by atoms with E-state index in [1.54, 1.807) is 0 Å². The number of unbranched alkanes of at least 4 members (excludes halogenated alkanes) is 52.